The number of hydrogen-bond donors (Lipinski definition) is 7. The summed E-state index contributed by atoms with van der Waals surface area (Å²) in [4.78, 5) is 56.4. The molecule has 0 aromatic heterocycles. The molecule has 0 aliphatic carbocycles. The van der Waals surface area contributed by atoms with Crippen LogP contribution in [0.4, 0.5) is 0 Å². The zero-order chi connectivity index (χ0) is 29.1. The number of carboxylic acid groups (broad SMARTS) is 1. The zero-order valence-electron chi connectivity index (χ0n) is 22.5. The molecule has 4 atom stereocenters. The number of likely N-dealkylation sites (tertiary alicyclic amines) is 1. The molecule has 0 spiro atoms. The zero-order valence-corrected chi connectivity index (χ0v) is 22.5. The van der Waals surface area contributed by atoms with Crippen molar-refractivity contribution in [2.45, 2.75) is 76.5 Å². The largest absolute Gasteiger partial charge is 0.508 e. The minimum Gasteiger partial charge on any atom is -0.508 e. The Hall–Kier alpha value is -3.87. The average molecular weight is 548 g/mol. The number of aromatic hydroxyl groups is 1. The van der Waals surface area contributed by atoms with Crippen LogP contribution in [-0.2, 0) is 25.6 Å². The molecule has 1 fully saturated rings. The van der Waals surface area contributed by atoms with Gasteiger partial charge in [0.25, 0.3) is 0 Å². The molecule has 1 aliphatic rings. The maximum absolute atomic E-state index is 13.6. The van der Waals surface area contributed by atoms with E-state index in [0.717, 1.165) is 5.56 Å². The highest BCUT2D eigenvalue weighted by molar-refractivity contribution is 5.94. The Labute approximate surface area is 228 Å². The number of benzene rings is 1. The van der Waals surface area contributed by atoms with Crippen molar-refractivity contribution >= 4 is 29.7 Å². The molecule has 2 rings (SSSR count). The van der Waals surface area contributed by atoms with Crippen molar-refractivity contribution in [1.82, 2.24) is 15.5 Å². The van der Waals surface area contributed by atoms with Gasteiger partial charge in [-0.25, -0.2) is 4.79 Å². The first-order valence-electron chi connectivity index (χ1n) is 13.1. The predicted octanol–water partition coefficient (Wildman–Crippen LogP) is -0.593. The van der Waals surface area contributed by atoms with Gasteiger partial charge in [-0.3, -0.25) is 19.4 Å². The summed E-state index contributed by atoms with van der Waals surface area (Å²) in [5.41, 5.74) is 17.4. The molecule has 0 radical (unpaired) electrons. The number of amides is 3. The van der Waals surface area contributed by atoms with Crippen LogP contribution in [0, 0.1) is 5.92 Å². The molecule has 0 bridgehead atoms. The van der Waals surface area contributed by atoms with Crippen LogP contribution in [0.15, 0.2) is 29.3 Å². The van der Waals surface area contributed by atoms with Gasteiger partial charge >= 0.3 is 5.97 Å². The second kappa shape index (κ2) is 14.9. The minimum atomic E-state index is -1.20. The number of nitrogens with one attached hydrogen (secondary N) is 2. The molecule has 13 heteroatoms. The third kappa shape index (κ3) is 10.1. The van der Waals surface area contributed by atoms with E-state index in [0.29, 0.717) is 32.2 Å². The molecule has 1 heterocycles. The predicted molar refractivity (Wildman–Crippen MR) is 145 cm³/mol. The third-order valence-electron chi connectivity index (χ3n) is 6.45. The van der Waals surface area contributed by atoms with Crippen molar-refractivity contribution in [2.24, 2.45) is 28.1 Å². The fourth-order valence-electron chi connectivity index (χ4n) is 4.48. The van der Waals surface area contributed by atoms with Gasteiger partial charge in [0.15, 0.2) is 5.96 Å². The lowest BCUT2D eigenvalue weighted by Gasteiger charge is -2.30. The standard InChI is InChI=1S/C26H41N7O6/c1-15(2)13-20(32-22(35)18(27)14-16-7-9-17(34)10-8-16)24(37)33-12-4-6-21(33)23(36)31-19(25(38)39)5-3-11-30-26(28)29/h7-10,15,18-21,34H,3-6,11-14,27H2,1-2H3,(H,31,36)(H,32,35)(H,38,39)(H4,28,29,30)/t18-,19-,20-,21-/m0/s1. The van der Waals surface area contributed by atoms with E-state index in [4.69, 9.17) is 17.2 Å². The topological polar surface area (TPSA) is 226 Å². The molecule has 216 valence electrons. The van der Waals surface area contributed by atoms with Crippen molar-refractivity contribution in [2.75, 3.05) is 13.1 Å². The number of rotatable bonds is 14. The summed E-state index contributed by atoms with van der Waals surface area (Å²) in [6.45, 7) is 4.36. The van der Waals surface area contributed by atoms with E-state index in [1.807, 2.05) is 13.8 Å². The van der Waals surface area contributed by atoms with Gasteiger partial charge in [0, 0.05) is 13.1 Å². The summed E-state index contributed by atoms with van der Waals surface area (Å²) in [6.07, 6.45) is 1.95. The summed E-state index contributed by atoms with van der Waals surface area (Å²) < 4.78 is 0. The molecule has 39 heavy (non-hydrogen) atoms. The molecular formula is C26H41N7O6. The normalized spacial score (nSPS) is 17.2. The summed E-state index contributed by atoms with van der Waals surface area (Å²) in [6, 6.07) is 2.50. The van der Waals surface area contributed by atoms with E-state index in [2.05, 4.69) is 15.6 Å². The van der Waals surface area contributed by atoms with Gasteiger partial charge in [-0.2, -0.15) is 0 Å². The fourth-order valence-corrected chi connectivity index (χ4v) is 4.48. The number of hydrogen-bond acceptors (Lipinski definition) is 7. The summed E-state index contributed by atoms with van der Waals surface area (Å²) in [7, 11) is 0. The van der Waals surface area contributed by atoms with Gasteiger partial charge in [0.1, 0.15) is 23.9 Å². The minimum absolute atomic E-state index is 0.0593. The Morgan fingerprint density at radius 2 is 1.77 bits per heavy atom. The number of aliphatic imine (C=N–C) groups is 1. The molecular weight excluding hydrogens is 506 g/mol. The van der Waals surface area contributed by atoms with Crippen molar-refractivity contribution in [3.63, 3.8) is 0 Å². The van der Waals surface area contributed by atoms with Gasteiger partial charge in [0.05, 0.1) is 6.04 Å². The van der Waals surface area contributed by atoms with Crippen molar-refractivity contribution < 1.29 is 29.4 Å². The van der Waals surface area contributed by atoms with E-state index >= 15 is 0 Å². The third-order valence-corrected chi connectivity index (χ3v) is 6.45. The lowest BCUT2D eigenvalue weighted by Crippen LogP contribution is -2.57. The highest BCUT2D eigenvalue weighted by Gasteiger charge is 2.39. The van der Waals surface area contributed by atoms with E-state index in [-0.39, 0.29) is 37.0 Å². The number of carbonyl (C=O) groups excluding carboxylic acids is 3. The van der Waals surface area contributed by atoms with Gasteiger partial charge in [-0.15, -0.1) is 0 Å². The Bertz CT molecular complexity index is 1030. The Morgan fingerprint density at radius 3 is 2.36 bits per heavy atom. The first kappa shape index (κ1) is 31.3. The number of nitrogens with zero attached hydrogens (tertiary/aromatic N) is 2. The van der Waals surface area contributed by atoms with Gasteiger partial charge < -0.3 is 42.9 Å². The van der Waals surface area contributed by atoms with E-state index in [1.165, 1.54) is 17.0 Å². The lowest BCUT2D eigenvalue weighted by molar-refractivity contribution is -0.145. The van der Waals surface area contributed by atoms with Crippen molar-refractivity contribution in [3.8, 4) is 5.75 Å². The number of nitrogens with two attached hydrogens (primary N) is 3. The average Bonchev–Trinajstić information content (AvgIpc) is 3.35. The molecule has 1 aromatic carbocycles. The number of phenols is 1. The van der Waals surface area contributed by atoms with Gasteiger partial charge in [-0.1, -0.05) is 26.0 Å². The Balaban J connectivity index is 2.06. The number of guanidine groups is 1. The SMILES string of the molecule is CC(C)C[C@H](NC(=O)[C@@H](N)Cc1ccc(O)cc1)C(=O)N1CCC[C@H]1C(=O)N[C@@H](CCCN=C(N)N)C(=O)O. The molecule has 3 amide bonds. The van der Waals surface area contributed by atoms with Crippen LogP contribution < -0.4 is 27.8 Å². The van der Waals surface area contributed by atoms with Crippen LogP contribution in [0.1, 0.15) is 51.5 Å². The Kier molecular flexibility index (Phi) is 12.0. The van der Waals surface area contributed by atoms with Crippen LogP contribution in [-0.4, -0.2) is 82.0 Å². The van der Waals surface area contributed by atoms with E-state index < -0.39 is 47.9 Å². The van der Waals surface area contributed by atoms with Gasteiger partial charge in [0.2, 0.25) is 17.7 Å². The fraction of sp³-hybridized carbons (Fsp3) is 0.577. The molecule has 1 aromatic rings. The summed E-state index contributed by atoms with van der Waals surface area (Å²) in [5.74, 6) is -2.62. The maximum Gasteiger partial charge on any atom is 0.326 e. The monoisotopic (exact) mass is 547 g/mol. The van der Waals surface area contributed by atoms with E-state index in [1.54, 1.807) is 12.1 Å². The highest BCUT2D eigenvalue weighted by Crippen LogP contribution is 2.21. The van der Waals surface area contributed by atoms with Crippen LogP contribution in [0.2, 0.25) is 0 Å². The van der Waals surface area contributed by atoms with E-state index in [9.17, 15) is 29.4 Å². The van der Waals surface area contributed by atoms with Crippen molar-refractivity contribution in [3.05, 3.63) is 29.8 Å². The van der Waals surface area contributed by atoms with Gasteiger partial charge in [-0.05, 0) is 62.1 Å². The van der Waals surface area contributed by atoms with Crippen LogP contribution in [0.3, 0.4) is 0 Å². The van der Waals surface area contributed by atoms with Crippen LogP contribution in [0.25, 0.3) is 0 Å². The number of carboxylic acids is 1. The van der Waals surface area contributed by atoms with Crippen LogP contribution >= 0.6 is 0 Å². The quantitative estimate of drug-likeness (QED) is 0.0895. The second-order valence-corrected chi connectivity index (χ2v) is 10.2. The first-order valence-corrected chi connectivity index (χ1v) is 13.1. The van der Waals surface area contributed by atoms with Crippen LogP contribution in [0.5, 0.6) is 5.75 Å². The molecule has 0 saturated carbocycles. The molecule has 1 saturated heterocycles. The molecule has 1 aliphatic heterocycles. The molecule has 10 N–H and O–H groups in total. The maximum atomic E-state index is 13.6. The Morgan fingerprint density at radius 1 is 1.10 bits per heavy atom. The number of carbonyl (C=O) groups is 4. The second-order valence-electron chi connectivity index (χ2n) is 10.2. The number of phenolic OH excluding ortho intramolecular Hbond substituents is 1. The smallest absolute Gasteiger partial charge is 0.326 e. The number of aliphatic carboxylic acids is 1. The van der Waals surface area contributed by atoms with Crippen molar-refractivity contribution in [1.29, 1.82) is 0 Å². The summed E-state index contributed by atoms with van der Waals surface area (Å²) in [5, 5.41) is 24.3. The highest BCUT2D eigenvalue weighted by atomic mass is 16.4. The molecule has 0 unspecified atom stereocenters. The summed E-state index contributed by atoms with van der Waals surface area (Å²) >= 11 is 0. The first-order chi connectivity index (χ1) is 18.4. The molecule has 13 nitrogen and oxygen atoms in total. The lowest BCUT2D eigenvalue weighted by atomic mass is 10.0.